The summed E-state index contributed by atoms with van der Waals surface area (Å²) >= 11 is 0. The number of aliphatic imine (C=N–C) groups is 1. The van der Waals surface area contributed by atoms with Crippen LogP contribution in [-0.2, 0) is 9.59 Å². The number of nitrogens with one attached hydrogen (secondary N) is 1. The predicted octanol–water partition coefficient (Wildman–Crippen LogP) is 3.16. The second kappa shape index (κ2) is 8.08. The summed E-state index contributed by atoms with van der Waals surface area (Å²) in [4.78, 5) is 42.1. The van der Waals surface area contributed by atoms with E-state index >= 15 is 0 Å². The molecule has 4 amide bonds. The van der Waals surface area contributed by atoms with Crippen LogP contribution < -0.4 is 10.2 Å². The average molecular weight is 353 g/mol. The molecule has 136 valence electrons. The number of amides is 4. The topological polar surface area (TPSA) is 78.8 Å². The second-order valence-electron chi connectivity index (χ2n) is 6.69. The molecule has 0 bridgehead atoms. The van der Waals surface area contributed by atoms with Crippen molar-refractivity contribution in [3.8, 4) is 0 Å². The maximum Gasteiger partial charge on any atom is 0.335 e. The number of urea groups is 1. The third kappa shape index (κ3) is 4.07. The van der Waals surface area contributed by atoms with Crippen molar-refractivity contribution in [1.82, 2.24) is 5.32 Å². The molecule has 0 unspecified atom stereocenters. The zero-order valence-electron chi connectivity index (χ0n) is 14.9. The highest BCUT2D eigenvalue weighted by atomic mass is 16.2. The summed E-state index contributed by atoms with van der Waals surface area (Å²) in [5, 5.41) is 2.24. The maximum atomic E-state index is 12.7. The summed E-state index contributed by atoms with van der Waals surface area (Å²) in [6.07, 6.45) is 9.16. The molecule has 1 aliphatic heterocycles. The highest BCUT2D eigenvalue weighted by Gasteiger charge is 2.40. The van der Waals surface area contributed by atoms with Gasteiger partial charge in [0.05, 0.1) is 5.69 Å². The summed E-state index contributed by atoms with van der Waals surface area (Å²) in [6.45, 7) is 2.46. The number of allylic oxidation sites excluding steroid dienone is 1. The molecule has 1 atom stereocenters. The smallest absolute Gasteiger partial charge is 0.296 e. The van der Waals surface area contributed by atoms with Gasteiger partial charge in [-0.1, -0.05) is 29.3 Å². The van der Waals surface area contributed by atoms with Crippen molar-refractivity contribution >= 4 is 29.7 Å². The van der Waals surface area contributed by atoms with Gasteiger partial charge in [-0.3, -0.25) is 19.9 Å². The Morgan fingerprint density at radius 3 is 2.65 bits per heavy atom. The summed E-state index contributed by atoms with van der Waals surface area (Å²) < 4.78 is 0. The molecule has 0 aromatic heterocycles. The Kier molecular flexibility index (Phi) is 5.61. The molecule has 1 N–H and O–H groups in total. The number of aryl methyl sites for hydroxylation is 1. The van der Waals surface area contributed by atoms with E-state index in [1.807, 2.05) is 19.1 Å². The molecule has 1 aromatic carbocycles. The summed E-state index contributed by atoms with van der Waals surface area (Å²) in [5.74, 6) is -2.26. The Labute approximate surface area is 153 Å². The normalized spacial score (nSPS) is 21.1. The van der Waals surface area contributed by atoms with Gasteiger partial charge in [0.2, 0.25) is 5.91 Å². The number of nitrogens with zero attached hydrogens (tertiary/aromatic N) is 2. The van der Waals surface area contributed by atoms with Gasteiger partial charge in [0.25, 0.3) is 5.91 Å². The zero-order chi connectivity index (χ0) is 18.5. The molecule has 3 rings (SSSR count). The largest absolute Gasteiger partial charge is 0.335 e. The van der Waals surface area contributed by atoms with Crippen molar-refractivity contribution in [1.29, 1.82) is 0 Å². The fourth-order valence-electron chi connectivity index (χ4n) is 3.18. The Morgan fingerprint density at radius 1 is 1.19 bits per heavy atom. The molecule has 1 aliphatic carbocycles. The molecule has 6 heteroatoms. The zero-order valence-corrected chi connectivity index (χ0v) is 14.9. The van der Waals surface area contributed by atoms with E-state index in [0.717, 1.165) is 29.7 Å². The molecule has 0 saturated carbocycles. The Morgan fingerprint density at radius 2 is 1.96 bits per heavy atom. The number of hydrogen-bond acceptors (Lipinski definition) is 4. The molecule has 6 nitrogen and oxygen atoms in total. The van der Waals surface area contributed by atoms with Gasteiger partial charge in [-0.2, -0.15) is 0 Å². The van der Waals surface area contributed by atoms with E-state index < -0.39 is 23.8 Å². The Bertz CT molecular complexity index is 765. The third-order valence-corrected chi connectivity index (χ3v) is 4.70. The molecular weight excluding hydrogens is 330 g/mol. The third-order valence-electron chi connectivity index (χ3n) is 4.70. The molecule has 1 heterocycles. The average Bonchev–Trinajstić information content (AvgIpc) is 2.63. The Hall–Kier alpha value is -2.76. The molecule has 0 radical (unpaired) electrons. The van der Waals surface area contributed by atoms with E-state index in [9.17, 15) is 14.4 Å². The lowest BCUT2D eigenvalue weighted by molar-refractivity contribution is -0.131. The highest BCUT2D eigenvalue weighted by molar-refractivity contribution is 6.32. The van der Waals surface area contributed by atoms with Gasteiger partial charge in [-0.05, 0) is 51.2 Å². The van der Waals surface area contributed by atoms with E-state index in [2.05, 4.69) is 16.4 Å². The molecule has 26 heavy (non-hydrogen) atoms. The number of rotatable bonds is 5. The first-order chi connectivity index (χ1) is 12.6. The molecule has 1 saturated heterocycles. The van der Waals surface area contributed by atoms with E-state index in [1.165, 1.54) is 24.6 Å². The molecule has 0 spiro atoms. The van der Waals surface area contributed by atoms with Crippen LogP contribution in [0, 0.1) is 12.8 Å². The van der Waals surface area contributed by atoms with Gasteiger partial charge in [0.1, 0.15) is 0 Å². The van der Waals surface area contributed by atoms with Crippen LogP contribution in [0.5, 0.6) is 0 Å². The Balaban J connectivity index is 1.67. The van der Waals surface area contributed by atoms with Gasteiger partial charge in [0, 0.05) is 12.8 Å². The first kappa shape index (κ1) is 18.0. The van der Waals surface area contributed by atoms with Gasteiger partial charge in [0.15, 0.2) is 5.92 Å². The van der Waals surface area contributed by atoms with Crippen molar-refractivity contribution in [2.75, 3.05) is 11.4 Å². The summed E-state index contributed by atoms with van der Waals surface area (Å²) in [7, 11) is 0. The standard InChI is InChI=1S/C20H23N3O3/c1-14-7-9-16(10-8-14)23-19(25)17(18(24)22-20(23)26)13-21-12-11-15-5-3-2-4-6-15/h5,7-10,13,17H,2-4,6,11-12H2,1H3,(H,22,24,26)/t17-/m1/s1. The number of anilines is 1. The molecule has 1 aromatic rings. The molecule has 2 aliphatic rings. The van der Waals surface area contributed by atoms with Gasteiger partial charge in [-0.15, -0.1) is 0 Å². The number of barbiturate groups is 1. The van der Waals surface area contributed by atoms with Crippen LogP contribution in [0.3, 0.4) is 0 Å². The van der Waals surface area contributed by atoms with Crippen molar-refractivity contribution < 1.29 is 14.4 Å². The fraction of sp³-hybridized carbons (Fsp3) is 0.400. The van der Waals surface area contributed by atoms with Crippen LogP contribution >= 0.6 is 0 Å². The van der Waals surface area contributed by atoms with Gasteiger partial charge in [-0.25, -0.2) is 9.69 Å². The van der Waals surface area contributed by atoms with Gasteiger partial charge < -0.3 is 0 Å². The quantitative estimate of drug-likeness (QED) is 0.502. The lowest BCUT2D eigenvalue weighted by atomic mass is 9.97. The van der Waals surface area contributed by atoms with E-state index in [4.69, 9.17) is 0 Å². The SMILES string of the molecule is Cc1ccc(N2C(=O)NC(=O)[C@@H](C=NCCC3=CCCCC3)C2=O)cc1. The van der Waals surface area contributed by atoms with E-state index in [-0.39, 0.29) is 0 Å². The fourth-order valence-corrected chi connectivity index (χ4v) is 3.18. The van der Waals surface area contributed by atoms with Crippen LogP contribution in [0.2, 0.25) is 0 Å². The van der Waals surface area contributed by atoms with Crippen molar-refractivity contribution in [2.24, 2.45) is 10.9 Å². The predicted molar refractivity (Wildman–Crippen MR) is 100 cm³/mol. The lowest BCUT2D eigenvalue weighted by Crippen LogP contribution is -2.58. The highest BCUT2D eigenvalue weighted by Crippen LogP contribution is 2.21. The number of benzene rings is 1. The van der Waals surface area contributed by atoms with Crippen LogP contribution in [0.15, 0.2) is 40.9 Å². The lowest BCUT2D eigenvalue weighted by Gasteiger charge is -2.28. The minimum absolute atomic E-state index is 0.441. The number of carbonyl (C=O) groups excluding carboxylic acids is 3. The van der Waals surface area contributed by atoms with E-state index in [0.29, 0.717) is 12.2 Å². The first-order valence-electron chi connectivity index (χ1n) is 8.99. The number of carbonyl (C=O) groups is 3. The first-order valence-corrected chi connectivity index (χ1v) is 8.99. The van der Waals surface area contributed by atoms with Crippen LogP contribution in [-0.4, -0.2) is 30.6 Å². The number of hydrogen-bond donors (Lipinski definition) is 1. The van der Waals surface area contributed by atoms with Crippen molar-refractivity contribution in [3.05, 3.63) is 41.5 Å². The van der Waals surface area contributed by atoms with Crippen LogP contribution in [0.1, 0.15) is 37.7 Å². The number of imide groups is 2. The maximum absolute atomic E-state index is 12.7. The van der Waals surface area contributed by atoms with E-state index in [1.54, 1.807) is 12.1 Å². The van der Waals surface area contributed by atoms with Crippen LogP contribution in [0.25, 0.3) is 0 Å². The minimum Gasteiger partial charge on any atom is -0.296 e. The molecular formula is C20H23N3O3. The van der Waals surface area contributed by atoms with Crippen LogP contribution in [0.4, 0.5) is 10.5 Å². The molecule has 1 fully saturated rings. The monoisotopic (exact) mass is 353 g/mol. The summed E-state index contributed by atoms with van der Waals surface area (Å²) in [5.41, 5.74) is 2.85. The van der Waals surface area contributed by atoms with Crippen molar-refractivity contribution in [3.63, 3.8) is 0 Å². The minimum atomic E-state index is -1.07. The van der Waals surface area contributed by atoms with Gasteiger partial charge >= 0.3 is 6.03 Å². The summed E-state index contributed by atoms with van der Waals surface area (Å²) in [6, 6.07) is 6.28. The second-order valence-corrected chi connectivity index (χ2v) is 6.69. The van der Waals surface area contributed by atoms with Crippen molar-refractivity contribution in [2.45, 2.75) is 39.0 Å².